The molecule has 1 amide bonds. The lowest BCUT2D eigenvalue weighted by molar-refractivity contribution is -0.122. The molecule has 0 heterocycles. The van der Waals surface area contributed by atoms with Gasteiger partial charge in [-0.15, -0.1) is 0 Å². The standard InChI is InChI=1S/C18H22N2O2/c1-14(18(19)21)20(2)12-15-8-10-16(11-9-15)13-22-17-6-4-3-5-7-17/h3-11,14H,12-13H2,1-2H3,(H2,19,21)/t14-/m0/s1. The molecule has 0 radical (unpaired) electrons. The summed E-state index contributed by atoms with van der Waals surface area (Å²) in [7, 11) is 1.89. The van der Waals surface area contributed by atoms with Gasteiger partial charge in [0.2, 0.25) is 5.91 Å². The van der Waals surface area contributed by atoms with Gasteiger partial charge in [0.1, 0.15) is 12.4 Å². The van der Waals surface area contributed by atoms with Gasteiger partial charge in [-0.1, -0.05) is 42.5 Å². The number of primary amides is 1. The predicted octanol–water partition coefficient (Wildman–Crippen LogP) is 2.57. The molecular weight excluding hydrogens is 276 g/mol. The lowest BCUT2D eigenvalue weighted by atomic mass is 10.1. The molecule has 0 aromatic heterocycles. The van der Waals surface area contributed by atoms with Gasteiger partial charge in [-0.2, -0.15) is 0 Å². The summed E-state index contributed by atoms with van der Waals surface area (Å²) < 4.78 is 5.71. The van der Waals surface area contributed by atoms with E-state index in [1.165, 1.54) is 0 Å². The van der Waals surface area contributed by atoms with Gasteiger partial charge in [0.25, 0.3) is 0 Å². The Kier molecular flexibility index (Phi) is 5.55. The summed E-state index contributed by atoms with van der Waals surface area (Å²) in [6, 6.07) is 17.7. The second kappa shape index (κ2) is 7.61. The SMILES string of the molecule is C[C@@H](C(N)=O)N(C)Cc1ccc(COc2ccccc2)cc1. The number of benzene rings is 2. The first-order valence-corrected chi connectivity index (χ1v) is 7.31. The maximum absolute atomic E-state index is 11.2. The highest BCUT2D eigenvalue weighted by atomic mass is 16.5. The van der Waals surface area contributed by atoms with Gasteiger partial charge in [0.05, 0.1) is 6.04 Å². The Labute approximate surface area is 131 Å². The molecular formula is C18H22N2O2. The zero-order valence-corrected chi connectivity index (χ0v) is 13.0. The molecule has 4 nitrogen and oxygen atoms in total. The van der Waals surface area contributed by atoms with E-state index in [9.17, 15) is 4.79 Å². The summed E-state index contributed by atoms with van der Waals surface area (Å²) >= 11 is 0. The topological polar surface area (TPSA) is 55.6 Å². The molecule has 2 aromatic rings. The van der Waals surface area contributed by atoms with Crippen molar-refractivity contribution in [2.45, 2.75) is 26.1 Å². The largest absolute Gasteiger partial charge is 0.489 e. The maximum Gasteiger partial charge on any atom is 0.234 e. The molecule has 4 heteroatoms. The van der Waals surface area contributed by atoms with Gasteiger partial charge < -0.3 is 10.5 Å². The number of rotatable bonds is 7. The molecule has 0 aliphatic carbocycles. The third-order valence-corrected chi connectivity index (χ3v) is 3.68. The highest BCUT2D eigenvalue weighted by Gasteiger charge is 2.14. The molecule has 2 N–H and O–H groups in total. The van der Waals surface area contributed by atoms with E-state index in [4.69, 9.17) is 10.5 Å². The summed E-state index contributed by atoms with van der Waals surface area (Å²) in [5.74, 6) is 0.553. The van der Waals surface area contributed by atoms with Crippen molar-refractivity contribution in [2.24, 2.45) is 5.73 Å². The van der Waals surface area contributed by atoms with Crippen molar-refractivity contribution in [1.29, 1.82) is 0 Å². The Balaban J connectivity index is 1.89. The van der Waals surface area contributed by atoms with Gasteiger partial charge in [0.15, 0.2) is 0 Å². The lowest BCUT2D eigenvalue weighted by Gasteiger charge is -2.21. The predicted molar refractivity (Wildman–Crippen MR) is 87.3 cm³/mol. The van der Waals surface area contributed by atoms with Gasteiger partial charge in [0, 0.05) is 6.54 Å². The fourth-order valence-corrected chi connectivity index (χ4v) is 2.07. The van der Waals surface area contributed by atoms with Crippen molar-refractivity contribution in [3.63, 3.8) is 0 Å². The van der Waals surface area contributed by atoms with Crippen molar-refractivity contribution in [1.82, 2.24) is 4.90 Å². The molecule has 0 saturated carbocycles. The van der Waals surface area contributed by atoms with Crippen LogP contribution >= 0.6 is 0 Å². The van der Waals surface area contributed by atoms with E-state index in [0.717, 1.165) is 16.9 Å². The Morgan fingerprint density at radius 1 is 1.09 bits per heavy atom. The quantitative estimate of drug-likeness (QED) is 0.854. The Morgan fingerprint density at radius 2 is 1.68 bits per heavy atom. The Hall–Kier alpha value is -2.33. The van der Waals surface area contributed by atoms with Crippen LogP contribution in [-0.2, 0) is 17.9 Å². The van der Waals surface area contributed by atoms with Crippen LogP contribution in [0.4, 0.5) is 0 Å². The molecule has 0 unspecified atom stereocenters. The number of nitrogens with zero attached hydrogens (tertiary/aromatic N) is 1. The van der Waals surface area contributed by atoms with Crippen LogP contribution in [0.5, 0.6) is 5.75 Å². The summed E-state index contributed by atoms with van der Waals surface area (Å²) in [6.45, 7) is 3.03. The monoisotopic (exact) mass is 298 g/mol. The van der Waals surface area contributed by atoms with Crippen LogP contribution < -0.4 is 10.5 Å². The molecule has 0 aliphatic heterocycles. The highest BCUT2D eigenvalue weighted by Crippen LogP contribution is 2.13. The van der Waals surface area contributed by atoms with Crippen LogP contribution in [0, 0.1) is 0 Å². The number of amides is 1. The molecule has 0 spiro atoms. The minimum atomic E-state index is -0.310. The molecule has 2 aromatic carbocycles. The summed E-state index contributed by atoms with van der Waals surface area (Å²) in [6.07, 6.45) is 0. The van der Waals surface area contributed by atoms with Crippen molar-refractivity contribution < 1.29 is 9.53 Å². The number of nitrogens with two attached hydrogens (primary N) is 1. The van der Waals surface area contributed by atoms with Gasteiger partial charge in [-0.25, -0.2) is 0 Å². The van der Waals surface area contributed by atoms with Crippen molar-refractivity contribution >= 4 is 5.91 Å². The van der Waals surface area contributed by atoms with E-state index in [2.05, 4.69) is 0 Å². The van der Waals surface area contributed by atoms with E-state index >= 15 is 0 Å². The van der Waals surface area contributed by atoms with Crippen molar-refractivity contribution in [3.8, 4) is 5.75 Å². The van der Waals surface area contributed by atoms with E-state index in [0.29, 0.717) is 13.2 Å². The van der Waals surface area contributed by atoms with Crippen LogP contribution in [-0.4, -0.2) is 23.9 Å². The lowest BCUT2D eigenvalue weighted by Crippen LogP contribution is -2.39. The number of para-hydroxylation sites is 1. The van der Waals surface area contributed by atoms with Crippen LogP contribution in [0.1, 0.15) is 18.1 Å². The van der Waals surface area contributed by atoms with Crippen LogP contribution in [0.15, 0.2) is 54.6 Å². The average Bonchev–Trinajstić information content (AvgIpc) is 2.54. The first kappa shape index (κ1) is 16.0. The van der Waals surface area contributed by atoms with E-state index in [1.807, 2.05) is 73.5 Å². The van der Waals surface area contributed by atoms with Crippen LogP contribution in [0.3, 0.4) is 0 Å². The normalized spacial score (nSPS) is 12.1. The number of hydrogen-bond acceptors (Lipinski definition) is 3. The van der Waals surface area contributed by atoms with Crippen molar-refractivity contribution in [2.75, 3.05) is 7.05 Å². The zero-order chi connectivity index (χ0) is 15.9. The third-order valence-electron chi connectivity index (χ3n) is 3.68. The number of ether oxygens (including phenoxy) is 1. The number of carbonyl (C=O) groups excluding carboxylic acids is 1. The maximum atomic E-state index is 11.2. The Bertz CT molecular complexity index is 596. The average molecular weight is 298 g/mol. The summed E-state index contributed by atoms with van der Waals surface area (Å²) in [4.78, 5) is 13.1. The van der Waals surface area contributed by atoms with Crippen molar-refractivity contribution in [3.05, 3.63) is 65.7 Å². The Morgan fingerprint density at radius 3 is 2.27 bits per heavy atom. The van der Waals surface area contributed by atoms with E-state index < -0.39 is 0 Å². The van der Waals surface area contributed by atoms with Gasteiger partial charge in [-0.05, 0) is 37.2 Å². The molecule has 2 rings (SSSR count). The molecule has 0 bridgehead atoms. The van der Waals surface area contributed by atoms with E-state index in [1.54, 1.807) is 0 Å². The fraction of sp³-hybridized carbons (Fsp3) is 0.278. The second-order valence-corrected chi connectivity index (χ2v) is 5.41. The second-order valence-electron chi connectivity index (χ2n) is 5.41. The number of hydrogen-bond donors (Lipinski definition) is 1. The first-order chi connectivity index (χ1) is 10.6. The molecule has 0 saturated heterocycles. The number of likely N-dealkylation sites (N-methyl/N-ethyl adjacent to an activating group) is 1. The van der Waals surface area contributed by atoms with E-state index in [-0.39, 0.29) is 11.9 Å². The third kappa shape index (κ3) is 4.60. The van der Waals surface area contributed by atoms with Crippen LogP contribution in [0.2, 0.25) is 0 Å². The smallest absolute Gasteiger partial charge is 0.234 e. The molecule has 1 atom stereocenters. The van der Waals surface area contributed by atoms with Gasteiger partial charge >= 0.3 is 0 Å². The summed E-state index contributed by atoms with van der Waals surface area (Å²) in [5.41, 5.74) is 7.56. The highest BCUT2D eigenvalue weighted by molar-refractivity contribution is 5.79. The van der Waals surface area contributed by atoms with Crippen LogP contribution in [0.25, 0.3) is 0 Å². The molecule has 0 fully saturated rings. The zero-order valence-electron chi connectivity index (χ0n) is 13.0. The molecule has 0 aliphatic rings. The molecule has 22 heavy (non-hydrogen) atoms. The number of carbonyl (C=O) groups is 1. The summed E-state index contributed by atoms with van der Waals surface area (Å²) in [5, 5.41) is 0. The molecule has 116 valence electrons. The minimum Gasteiger partial charge on any atom is -0.489 e. The first-order valence-electron chi connectivity index (χ1n) is 7.31. The van der Waals surface area contributed by atoms with Gasteiger partial charge in [-0.3, -0.25) is 9.69 Å². The fourth-order valence-electron chi connectivity index (χ4n) is 2.07. The minimum absolute atomic E-state index is 0.277.